The van der Waals surface area contributed by atoms with Crippen molar-refractivity contribution in [2.45, 2.75) is 0 Å². The Morgan fingerprint density at radius 3 is 2.94 bits per heavy atom. The molecule has 0 saturated carbocycles. The zero-order chi connectivity index (χ0) is 12.4. The van der Waals surface area contributed by atoms with E-state index in [4.69, 9.17) is 0 Å². The molecule has 0 aromatic carbocycles. The third-order valence-electron chi connectivity index (χ3n) is 2.46. The van der Waals surface area contributed by atoms with E-state index >= 15 is 0 Å². The van der Waals surface area contributed by atoms with Crippen molar-refractivity contribution in [3.8, 4) is 0 Å². The van der Waals surface area contributed by atoms with Crippen molar-refractivity contribution in [1.29, 1.82) is 0 Å². The van der Waals surface area contributed by atoms with Crippen molar-refractivity contribution in [3.63, 3.8) is 0 Å². The molecule has 17 heavy (non-hydrogen) atoms. The van der Waals surface area contributed by atoms with Crippen molar-refractivity contribution in [1.82, 2.24) is 10.6 Å². The van der Waals surface area contributed by atoms with Crippen LogP contribution in [-0.4, -0.2) is 32.5 Å². The summed E-state index contributed by atoms with van der Waals surface area (Å²) in [5.74, 6) is -0.239. The first-order chi connectivity index (χ1) is 8.17. The maximum atomic E-state index is 11.6. The van der Waals surface area contributed by atoms with Crippen LogP contribution in [0.4, 0.5) is 5.00 Å². The van der Waals surface area contributed by atoms with Crippen LogP contribution in [0.2, 0.25) is 0 Å². The first-order valence-corrected chi connectivity index (χ1v) is 6.01. The van der Waals surface area contributed by atoms with Gasteiger partial charge in [0.15, 0.2) is 0 Å². The summed E-state index contributed by atoms with van der Waals surface area (Å²) in [5.41, 5.74) is 1.44. The number of nitrogens with one attached hydrogen (secondary N) is 3. The molecule has 3 N–H and O–H groups in total. The lowest BCUT2D eigenvalue weighted by Crippen LogP contribution is -2.16. The van der Waals surface area contributed by atoms with Gasteiger partial charge in [0.1, 0.15) is 5.00 Å². The summed E-state index contributed by atoms with van der Waals surface area (Å²) in [6.07, 6.45) is 1.82. The average molecular weight is 251 g/mol. The third kappa shape index (κ3) is 2.09. The van der Waals surface area contributed by atoms with E-state index in [0.29, 0.717) is 17.0 Å². The Balaban J connectivity index is 2.35. The number of amides is 2. The van der Waals surface area contributed by atoms with E-state index in [1.165, 1.54) is 11.3 Å². The highest BCUT2D eigenvalue weighted by Crippen LogP contribution is 2.38. The van der Waals surface area contributed by atoms with Gasteiger partial charge in [0.25, 0.3) is 11.8 Å². The van der Waals surface area contributed by atoms with Crippen LogP contribution in [0.25, 0.3) is 5.57 Å². The normalized spacial score (nSPS) is 15.9. The number of carbonyl (C=O) groups excluding carboxylic acids is 2. The summed E-state index contributed by atoms with van der Waals surface area (Å²) in [6.45, 7) is 0.618. The number of anilines is 1. The predicted octanol–water partition coefficient (Wildman–Crippen LogP) is 0.663. The largest absolute Gasteiger partial charge is 0.354 e. The standard InChI is InChI=1S/C11H13N3O2S/c1-12-4-3-6-7-5-8(10(16)13-2)17-11(7)14-9(6)15/h3,5,12H,4H2,1-2H3,(H,13,16)(H,14,15)/b6-3-. The van der Waals surface area contributed by atoms with E-state index in [2.05, 4.69) is 16.0 Å². The summed E-state index contributed by atoms with van der Waals surface area (Å²) in [7, 11) is 3.40. The molecule has 1 aliphatic rings. The highest BCUT2D eigenvalue weighted by molar-refractivity contribution is 7.18. The van der Waals surface area contributed by atoms with E-state index in [1.54, 1.807) is 13.1 Å². The molecular weight excluding hydrogens is 238 g/mol. The first kappa shape index (κ1) is 11.8. The fraction of sp³-hybridized carbons (Fsp3) is 0.273. The monoisotopic (exact) mass is 251 g/mol. The van der Waals surface area contributed by atoms with Crippen LogP contribution in [0.15, 0.2) is 12.1 Å². The van der Waals surface area contributed by atoms with Gasteiger partial charge >= 0.3 is 0 Å². The number of hydrogen-bond donors (Lipinski definition) is 3. The molecule has 2 amide bonds. The Morgan fingerprint density at radius 1 is 1.53 bits per heavy atom. The second-order valence-electron chi connectivity index (χ2n) is 3.56. The van der Waals surface area contributed by atoms with Crippen LogP contribution < -0.4 is 16.0 Å². The van der Waals surface area contributed by atoms with Crippen LogP contribution in [0.5, 0.6) is 0 Å². The molecule has 0 bridgehead atoms. The second-order valence-corrected chi connectivity index (χ2v) is 4.61. The van der Waals surface area contributed by atoms with Gasteiger partial charge in [-0.25, -0.2) is 0 Å². The molecule has 1 aliphatic heterocycles. The van der Waals surface area contributed by atoms with Crippen LogP contribution in [-0.2, 0) is 4.79 Å². The van der Waals surface area contributed by atoms with Crippen molar-refractivity contribution < 1.29 is 9.59 Å². The van der Waals surface area contributed by atoms with Crippen LogP contribution in [0.3, 0.4) is 0 Å². The van der Waals surface area contributed by atoms with Gasteiger partial charge in [0, 0.05) is 24.7 Å². The predicted molar refractivity (Wildman–Crippen MR) is 68.2 cm³/mol. The summed E-state index contributed by atoms with van der Waals surface area (Å²) < 4.78 is 0. The van der Waals surface area contributed by atoms with E-state index < -0.39 is 0 Å². The minimum atomic E-state index is -0.133. The Hall–Kier alpha value is -1.66. The van der Waals surface area contributed by atoms with Gasteiger partial charge in [-0.1, -0.05) is 6.08 Å². The summed E-state index contributed by atoms with van der Waals surface area (Å²) in [5, 5.41) is 9.03. The number of rotatable bonds is 3. The zero-order valence-corrected chi connectivity index (χ0v) is 10.4. The van der Waals surface area contributed by atoms with Gasteiger partial charge < -0.3 is 16.0 Å². The van der Waals surface area contributed by atoms with Gasteiger partial charge in [0.05, 0.1) is 4.88 Å². The maximum absolute atomic E-state index is 11.6. The Kier molecular flexibility index (Phi) is 3.26. The lowest BCUT2D eigenvalue weighted by Gasteiger charge is -1.97. The van der Waals surface area contributed by atoms with Crippen molar-refractivity contribution in [3.05, 3.63) is 22.6 Å². The summed E-state index contributed by atoms with van der Waals surface area (Å²) in [6, 6.07) is 1.75. The molecule has 1 aromatic heterocycles. The van der Waals surface area contributed by atoms with Crippen LogP contribution >= 0.6 is 11.3 Å². The lowest BCUT2D eigenvalue weighted by atomic mass is 10.1. The quantitative estimate of drug-likeness (QED) is 0.691. The maximum Gasteiger partial charge on any atom is 0.261 e. The Morgan fingerprint density at radius 2 is 2.29 bits per heavy atom. The summed E-state index contributed by atoms with van der Waals surface area (Å²) in [4.78, 5) is 23.7. The molecule has 6 heteroatoms. The molecule has 2 rings (SSSR count). The smallest absolute Gasteiger partial charge is 0.261 e. The molecule has 0 aliphatic carbocycles. The number of fused-ring (bicyclic) bond motifs is 1. The SMILES string of the molecule is CNC/C=C1\C(=O)Nc2sc(C(=O)NC)cc21. The first-order valence-electron chi connectivity index (χ1n) is 5.19. The minimum Gasteiger partial charge on any atom is -0.354 e. The molecule has 0 fully saturated rings. The number of carbonyl (C=O) groups is 2. The topological polar surface area (TPSA) is 70.2 Å². The highest BCUT2D eigenvalue weighted by Gasteiger charge is 2.27. The molecular formula is C11H13N3O2S. The fourth-order valence-electron chi connectivity index (χ4n) is 1.62. The molecule has 0 saturated heterocycles. The van der Waals surface area contributed by atoms with E-state index in [-0.39, 0.29) is 11.8 Å². The molecule has 2 heterocycles. The van der Waals surface area contributed by atoms with Gasteiger partial charge in [0.2, 0.25) is 0 Å². The molecule has 0 radical (unpaired) electrons. The van der Waals surface area contributed by atoms with Gasteiger partial charge in [-0.15, -0.1) is 11.3 Å². The highest BCUT2D eigenvalue weighted by atomic mass is 32.1. The van der Waals surface area contributed by atoms with Crippen LogP contribution in [0.1, 0.15) is 15.2 Å². The minimum absolute atomic E-state index is 0.107. The van der Waals surface area contributed by atoms with Gasteiger partial charge in [-0.3, -0.25) is 9.59 Å². The Labute approximate surface area is 103 Å². The molecule has 90 valence electrons. The molecule has 1 aromatic rings. The van der Waals surface area contributed by atoms with E-state index in [1.807, 2.05) is 13.1 Å². The number of likely N-dealkylation sites (N-methyl/N-ethyl adjacent to an activating group) is 1. The third-order valence-corrected chi connectivity index (χ3v) is 3.50. The van der Waals surface area contributed by atoms with Crippen molar-refractivity contribution in [2.24, 2.45) is 0 Å². The second kappa shape index (κ2) is 4.68. The van der Waals surface area contributed by atoms with Gasteiger partial charge in [-0.2, -0.15) is 0 Å². The molecule has 0 unspecified atom stereocenters. The number of thiophene rings is 1. The van der Waals surface area contributed by atoms with Gasteiger partial charge in [-0.05, 0) is 13.1 Å². The average Bonchev–Trinajstić information content (AvgIpc) is 2.83. The number of hydrogen-bond acceptors (Lipinski definition) is 4. The molecule has 0 spiro atoms. The fourth-order valence-corrected chi connectivity index (χ4v) is 2.63. The van der Waals surface area contributed by atoms with Crippen molar-refractivity contribution in [2.75, 3.05) is 26.0 Å². The van der Waals surface area contributed by atoms with Crippen LogP contribution in [0, 0.1) is 0 Å². The van der Waals surface area contributed by atoms with E-state index in [0.717, 1.165) is 10.6 Å². The molecule has 5 nitrogen and oxygen atoms in total. The Bertz CT molecular complexity index is 505. The summed E-state index contributed by atoms with van der Waals surface area (Å²) >= 11 is 1.29. The lowest BCUT2D eigenvalue weighted by molar-refractivity contribution is -0.110. The molecule has 0 atom stereocenters. The zero-order valence-electron chi connectivity index (χ0n) is 9.59. The van der Waals surface area contributed by atoms with Crippen molar-refractivity contribution >= 4 is 33.7 Å². The van der Waals surface area contributed by atoms with E-state index in [9.17, 15) is 9.59 Å².